The van der Waals surface area contributed by atoms with E-state index in [4.69, 9.17) is 30.0 Å². The predicted molar refractivity (Wildman–Crippen MR) is 166 cm³/mol. The monoisotopic (exact) mass is 565 g/mol. The van der Waals surface area contributed by atoms with Crippen LogP contribution in [-0.4, -0.2) is 23.3 Å². The number of Topliss-reactive ketones (excluding diaryl/α,β-unsaturated/α-hetero) is 2. The van der Waals surface area contributed by atoms with Crippen molar-refractivity contribution in [1.82, 2.24) is 0 Å². The molecular weight excluding hydrogens is 526 g/mol. The topological polar surface area (TPSA) is 138 Å². The second kappa shape index (κ2) is 13.8. The average molecular weight is 566 g/mol. The molecule has 0 aliphatic rings. The summed E-state index contributed by atoms with van der Waals surface area (Å²) in [7, 11) is 0. The van der Waals surface area contributed by atoms with Gasteiger partial charge in [-0.2, -0.15) is 0 Å². The van der Waals surface area contributed by atoms with Gasteiger partial charge in [-0.05, 0) is 56.9 Å². The summed E-state index contributed by atoms with van der Waals surface area (Å²) >= 11 is 0. The molecule has 0 heterocycles. The minimum absolute atomic E-state index is 0.100. The van der Waals surface area contributed by atoms with Crippen LogP contribution in [0.2, 0.25) is 0 Å². The average Bonchev–Trinajstić information content (AvgIpc) is 2.93. The highest BCUT2D eigenvalue weighted by molar-refractivity contribution is 5.95. The van der Waals surface area contributed by atoms with Crippen molar-refractivity contribution in [2.75, 3.05) is 0 Å². The largest absolute Gasteiger partial charge is 0.444 e. The van der Waals surface area contributed by atoms with Gasteiger partial charge in [-0.15, -0.1) is 12.8 Å². The van der Waals surface area contributed by atoms with Crippen LogP contribution in [0.5, 0.6) is 0 Å². The second-order valence-electron chi connectivity index (χ2n) is 11.2. The fourth-order valence-electron chi connectivity index (χ4n) is 4.01. The Labute approximate surface area is 248 Å². The van der Waals surface area contributed by atoms with Crippen molar-refractivity contribution in [3.63, 3.8) is 0 Å². The smallest absolute Gasteiger partial charge is 0.405 e. The Bertz CT molecular complexity index is 1390. The van der Waals surface area contributed by atoms with Gasteiger partial charge in [0.15, 0.2) is 22.6 Å². The third-order valence-corrected chi connectivity index (χ3v) is 6.51. The van der Waals surface area contributed by atoms with E-state index < -0.39 is 22.8 Å². The highest BCUT2D eigenvalue weighted by atomic mass is 16.6. The molecule has 0 aliphatic carbocycles. The number of primary amides is 1. The fraction of sp³-hybridized carbons (Fsp3) is 0.286. The molecule has 3 rings (SSSR count). The number of amides is 1. The first-order valence-electron chi connectivity index (χ1n) is 13.3. The Morgan fingerprint density at radius 2 is 0.976 bits per heavy atom. The number of terminal acetylenes is 2. The van der Waals surface area contributed by atoms with E-state index in [9.17, 15) is 14.4 Å². The molecule has 218 valence electrons. The summed E-state index contributed by atoms with van der Waals surface area (Å²) in [5.74, 6) is 4.28. The zero-order valence-electron chi connectivity index (χ0n) is 24.9. The van der Waals surface area contributed by atoms with Gasteiger partial charge in [0.1, 0.15) is 5.60 Å². The van der Waals surface area contributed by atoms with E-state index in [1.54, 1.807) is 45.0 Å². The van der Waals surface area contributed by atoms with Crippen LogP contribution in [0.3, 0.4) is 0 Å². The summed E-state index contributed by atoms with van der Waals surface area (Å²) < 4.78 is 4.58. The summed E-state index contributed by atoms with van der Waals surface area (Å²) in [6.45, 7) is 9.23. The van der Waals surface area contributed by atoms with Crippen LogP contribution in [0, 0.1) is 38.5 Å². The van der Waals surface area contributed by atoms with E-state index in [0.29, 0.717) is 11.1 Å². The first-order chi connectivity index (χ1) is 19.5. The summed E-state index contributed by atoms with van der Waals surface area (Å²) in [4.78, 5) is 36.1. The number of aryl methyl sites for hydroxylation is 2. The fourth-order valence-corrected chi connectivity index (χ4v) is 4.01. The van der Waals surface area contributed by atoms with Gasteiger partial charge in [-0.25, -0.2) is 4.79 Å². The van der Waals surface area contributed by atoms with Crippen molar-refractivity contribution in [2.24, 2.45) is 17.2 Å². The number of carbonyl (C=O) groups is 3. The van der Waals surface area contributed by atoms with Crippen LogP contribution in [0.15, 0.2) is 72.8 Å². The Morgan fingerprint density at radius 3 is 1.19 bits per heavy atom. The summed E-state index contributed by atoms with van der Waals surface area (Å²) in [6.07, 6.45) is 10.9. The Balaban J connectivity index is 0.000000675. The molecule has 2 atom stereocenters. The number of ether oxygens (including phenoxy) is 1. The molecule has 1 amide bonds. The maximum atomic E-state index is 13.0. The molecule has 0 aliphatic heterocycles. The minimum Gasteiger partial charge on any atom is -0.444 e. The molecule has 3 aromatic carbocycles. The standard InChI is InChI=1S/C30H28N2O2.C5H11NO2/c1-5-29(31,27(33)19-23-11-7-21(3)8-12-23)25-15-17-26(18-16-25)30(32,6-2)28(34)20-24-13-9-22(4)10-14-24;1-5(2,3)8-4(6)7/h1-2,7-18H,19-20,31-32H2,3-4H3;1-3H3,(H2,6,7). The lowest BCUT2D eigenvalue weighted by Gasteiger charge is -2.26. The van der Waals surface area contributed by atoms with Crippen LogP contribution in [-0.2, 0) is 38.2 Å². The van der Waals surface area contributed by atoms with Gasteiger partial charge in [0.25, 0.3) is 0 Å². The second-order valence-corrected chi connectivity index (χ2v) is 11.2. The zero-order valence-corrected chi connectivity index (χ0v) is 24.9. The van der Waals surface area contributed by atoms with E-state index in [0.717, 1.165) is 22.3 Å². The molecule has 2 unspecified atom stereocenters. The molecule has 0 saturated carbocycles. The van der Waals surface area contributed by atoms with Gasteiger partial charge >= 0.3 is 6.09 Å². The molecule has 42 heavy (non-hydrogen) atoms. The van der Waals surface area contributed by atoms with Crippen molar-refractivity contribution in [3.05, 3.63) is 106 Å². The number of benzene rings is 3. The lowest BCUT2D eigenvalue weighted by atomic mass is 9.81. The summed E-state index contributed by atoms with van der Waals surface area (Å²) in [6, 6.07) is 21.7. The molecule has 0 aromatic heterocycles. The van der Waals surface area contributed by atoms with Gasteiger partial charge < -0.3 is 21.9 Å². The van der Waals surface area contributed by atoms with Crippen molar-refractivity contribution < 1.29 is 19.1 Å². The lowest BCUT2D eigenvalue weighted by molar-refractivity contribution is -0.122. The van der Waals surface area contributed by atoms with Crippen LogP contribution in [0.25, 0.3) is 0 Å². The number of carbonyl (C=O) groups excluding carboxylic acids is 3. The van der Waals surface area contributed by atoms with Gasteiger partial charge in [0.2, 0.25) is 0 Å². The highest BCUT2D eigenvalue weighted by Crippen LogP contribution is 2.26. The highest BCUT2D eigenvalue weighted by Gasteiger charge is 2.36. The quantitative estimate of drug-likeness (QED) is 0.347. The normalized spacial score (nSPS) is 13.5. The molecule has 6 N–H and O–H groups in total. The molecule has 0 radical (unpaired) electrons. The van der Waals surface area contributed by atoms with Crippen molar-refractivity contribution in [2.45, 2.75) is 64.1 Å². The minimum atomic E-state index is -1.62. The van der Waals surface area contributed by atoms with E-state index in [-0.39, 0.29) is 24.4 Å². The van der Waals surface area contributed by atoms with E-state index in [2.05, 4.69) is 16.6 Å². The van der Waals surface area contributed by atoms with Gasteiger partial charge in [0.05, 0.1) is 0 Å². The number of rotatable bonds is 8. The number of nitrogens with two attached hydrogens (primary N) is 3. The number of hydrogen-bond acceptors (Lipinski definition) is 6. The Morgan fingerprint density at radius 1 is 0.667 bits per heavy atom. The van der Waals surface area contributed by atoms with E-state index in [1.807, 2.05) is 62.4 Å². The van der Waals surface area contributed by atoms with Gasteiger partial charge in [-0.1, -0.05) is 95.8 Å². The summed E-state index contributed by atoms with van der Waals surface area (Å²) in [5.41, 5.74) is 18.5. The molecule has 0 fully saturated rings. The van der Waals surface area contributed by atoms with Crippen molar-refractivity contribution in [1.29, 1.82) is 0 Å². The maximum absolute atomic E-state index is 13.0. The number of ketones is 2. The molecule has 7 heteroatoms. The van der Waals surface area contributed by atoms with Crippen LogP contribution < -0.4 is 17.2 Å². The lowest BCUT2D eigenvalue weighted by Crippen LogP contribution is -2.46. The van der Waals surface area contributed by atoms with Crippen molar-refractivity contribution >= 4 is 17.7 Å². The molecule has 3 aromatic rings. The Kier molecular flexibility index (Phi) is 11.0. The maximum Gasteiger partial charge on any atom is 0.405 e. The molecular formula is C35H39N3O4. The molecule has 7 nitrogen and oxygen atoms in total. The SMILES string of the molecule is C#CC(N)(C(=O)Cc1ccc(C)cc1)c1ccc(C(N)(C#C)C(=O)Cc2ccc(C)cc2)cc1.CC(C)(C)OC(N)=O. The van der Waals surface area contributed by atoms with Gasteiger partial charge in [0, 0.05) is 12.8 Å². The van der Waals surface area contributed by atoms with E-state index >= 15 is 0 Å². The molecule has 0 spiro atoms. The number of hydrogen-bond donors (Lipinski definition) is 3. The Hall–Kier alpha value is -4.69. The predicted octanol–water partition coefficient (Wildman–Crippen LogP) is 4.38. The summed E-state index contributed by atoms with van der Waals surface area (Å²) in [5, 5.41) is 0. The third kappa shape index (κ3) is 8.91. The van der Waals surface area contributed by atoms with Crippen LogP contribution in [0.1, 0.15) is 54.2 Å². The molecule has 0 bridgehead atoms. The third-order valence-electron chi connectivity index (χ3n) is 6.51. The van der Waals surface area contributed by atoms with Crippen LogP contribution in [0.4, 0.5) is 4.79 Å². The van der Waals surface area contributed by atoms with Gasteiger partial charge in [-0.3, -0.25) is 9.59 Å². The van der Waals surface area contributed by atoms with E-state index in [1.165, 1.54) is 0 Å². The van der Waals surface area contributed by atoms with Crippen LogP contribution >= 0.6 is 0 Å². The first-order valence-corrected chi connectivity index (χ1v) is 13.3. The molecule has 0 saturated heterocycles. The first kappa shape index (κ1) is 33.5. The van der Waals surface area contributed by atoms with Crippen molar-refractivity contribution in [3.8, 4) is 24.7 Å². The zero-order chi connectivity index (χ0) is 31.7.